The number of aryl methyl sites for hydroxylation is 2. The lowest BCUT2D eigenvalue weighted by Gasteiger charge is -2.35. The van der Waals surface area contributed by atoms with Crippen LogP contribution >= 0.6 is 0 Å². The second kappa shape index (κ2) is 10.3. The Morgan fingerprint density at radius 3 is 2.43 bits per heavy atom. The first-order chi connectivity index (χ1) is 18.0. The van der Waals surface area contributed by atoms with Gasteiger partial charge in [-0.2, -0.15) is 4.98 Å². The molecule has 1 aromatic heterocycles. The lowest BCUT2D eigenvalue weighted by atomic mass is 9.94. The van der Waals surface area contributed by atoms with Crippen LogP contribution in [0.5, 0.6) is 5.75 Å². The van der Waals surface area contributed by atoms with Gasteiger partial charge in [0.15, 0.2) is 0 Å². The molecule has 37 heavy (non-hydrogen) atoms. The summed E-state index contributed by atoms with van der Waals surface area (Å²) in [5.41, 5.74) is 6.31. The number of ether oxygens (including phenoxy) is 1. The molecule has 2 amide bonds. The molecule has 188 valence electrons. The maximum Gasteiger partial charge on any atom is 0.326 e. The van der Waals surface area contributed by atoms with Crippen molar-refractivity contribution in [1.82, 2.24) is 15.5 Å². The van der Waals surface area contributed by atoms with Gasteiger partial charge < -0.3 is 14.6 Å². The van der Waals surface area contributed by atoms with Crippen molar-refractivity contribution in [1.29, 1.82) is 0 Å². The Labute approximate surface area is 216 Å². The van der Waals surface area contributed by atoms with Gasteiger partial charge in [-0.25, -0.2) is 4.79 Å². The molecule has 7 nitrogen and oxygen atoms in total. The van der Waals surface area contributed by atoms with Crippen LogP contribution in [0.3, 0.4) is 0 Å². The summed E-state index contributed by atoms with van der Waals surface area (Å²) in [5.74, 6) is 1.64. The minimum Gasteiger partial charge on any atom is -0.494 e. The zero-order chi connectivity index (χ0) is 25.9. The number of amides is 2. The van der Waals surface area contributed by atoms with Crippen molar-refractivity contribution in [2.24, 2.45) is 0 Å². The quantitative estimate of drug-likeness (QED) is 0.309. The van der Waals surface area contributed by atoms with Gasteiger partial charge in [0, 0.05) is 11.3 Å². The van der Waals surface area contributed by atoms with Crippen molar-refractivity contribution < 1.29 is 14.1 Å². The number of nitrogens with one attached hydrogen (secondary N) is 1. The Kier molecular flexibility index (Phi) is 6.77. The van der Waals surface area contributed by atoms with E-state index < -0.39 is 6.04 Å². The van der Waals surface area contributed by atoms with E-state index in [2.05, 4.69) is 29.5 Å². The van der Waals surface area contributed by atoms with Gasteiger partial charge in [-0.1, -0.05) is 60.6 Å². The van der Waals surface area contributed by atoms with Crippen LogP contribution in [0.2, 0.25) is 0 Å². The molecule has 1 N–H and O–H groups in total. The third kappa shape index (κ3) is 4.85. The molecule has 0 radical (unpaired) electrons. The molecule has 0 aliphatic carbocycles. The number of aromatic nitrogens is 2. The lowest BCUT2D eigenvalue weighted by molar-refractivity contribution is 0.244. The molecule has 3 aromatic carbocycles. The van der Waals surface area contributed by atoms with Crippen LogP contribution in [0.15, 0.2) is 83.0 Å². The van der Waals surface area contributed by atoms with E-state index in [-0.39, 0.29) is 6.03 Å². The molecule has 0 bridgehead atoms. The van der Waals surface area contributed by atoms with E-state index in [1.807, 2.05) is 81.4 Å². The van der Waals surface area contributed by atoms with E-state index in [0.717, 1.165) is 45.8 Å². The van der Waals surface area contributed by atoms with Crippen molar-refractivity contribution in [2.75, 3.05) is 11.5 Å². The van der Waals surface area contributed by atoms with Crippen LogP contribution in [0.4, 0.5) is 10.5 Å². The Hall–Kier alpha value is -4.39. The summed E-state index contributed by atoms with van der Waals surface area (Å²) >= 11 is 0. The van der Waals surface area contributed by atoms with E-state index in [1.165, 1.54) is 5.56 Å². The third-order valence-electron chi connectivity index (χ3n) is 6.55. The summed E-state index contributed by atoms with van der Waals surface area (Å²) in [6, 6.07) is 23.0. The van der Waals surface area contributed by atoms with E-state index >= 15 is 0 Å². The van der Waals surface area contributed by atoms with Crippen LogP contribution in [0.1, 0.15) is 49.4 Å². The Morgan fingerprint density at radius 2 is 1.76 bits per heavy atom. The molecule has 1 aliphatic heterocycles. The molecule has 1 aliphatic rings. The van der Waals surface area contributed by atoms with Crippen molar-refractivity contribution >= 4 is 17.3 Å². The Bertz CT molecular complexity index is 1440. The van der Waals surface area contributed by atoms with Gasteiger partial charge in [0.1, 0.15) is 5.75 Å². The zero-order valence-electron chi connectivity index (χ0n) is 21.5. The Morgan fingerprint density at radius 1 is 1.00 bits per heavy atom. The predicted molar refractivity (Wildman–Crippen MR) is 144 cm³/mol. The van der Waals surface area contributed by atoms with Gasteiger partial charge in [0.25, 0.3) is 5.89 Å². The fourth-order valence-electron chi connectivity index (χ4n) is 4.61. The maximum atomic E-state index is 13.4. The van der Waals surface area contributed by atoms with Crippen molar-refractivity contribution in [2.45, 2.75) is 40.2 Å². The van der Waals surface area contributed by atoms with E-state index in [1.54, 1.807) is 4.90 Å². The standard InChI is InChI=1S/C30H30N4O3/c1-5-21-10-12-23(13-11-21)28-32-29(37-33-28)26-20(4)34(24-9-7-8-19(3)18-24)30(35)31-27(26)22-14-16-25(17-15-22)36-6-2/h7-18,27H,5-6H2,1-4H3,(H,31,35). The van der Waals surface area contributed by atoms with Gasteiger partial charge in [-0.3, -0.25) is 4.90 Å². The number of allylic oxidation sites excluding steroid dienone is 1. The van der Waals surface area contributed by atoms with Gasteiger partial charge >= 0.3 is 6.03 Å². The highest BCUT2D eigenvalue weighted by Gasteiger charge is 2.36. The second-order valence-corrected chi connectivity index (χ2v) is 9.03. The molecule has 1 atom stereocenters. The topological polar surface area (TPSA) is 80.5 Å². The second-order valence-electron chi connectivity index (χ2n) is 9.03. The molecule has 7 heteroatoms. The van der Waals surface area contributed by atoms with Gasteiger partial charge in [-0.05, 0) is 68.1 Å². The number of anilines is 1. The molecular formula is C30H30N4O3. The molecule has 1 unspecified atom stereocenters. The van der Waals surface area contributed by atoms with Crippen LogP contribution in [0.25, 0.3) is 17.0 Å². The highest BCUT2D eigenvalue weighted by Crippen LogP contribution is 2.39. The maximum absolute atomic E-state index is 13.4. The number of hydrogen-bond donors (Lipinski definition) is 1. The first-order valence-corrected chi connectivity index (χ1v) is 12.5. The molecular weight excluding hydrogens is 464 g/mol. The average Bonchev–Trinajstić information content (AvgIpc) is 3.39. The predicted octanol–water partition coefficient (Wildman–Crippen LogP) is 6.71. The van der Waals surface area contributed by atoms with Gasteiger partial charge in [-0.15, -0.1) is 0 Å². The highest BCUT2D eigenvalue weighted by molar-refractivity contribution is 6.01. The molecule has 0 spiro atoms. The molecule has 0 fully saturated rings. The Balaban J connectivity index is 1.61. The summed E-state index contributed by atoms with van der Waals surface area (Å²) in [4.78, 5) is 19.8. The van der Waals surface area contributed by atoms with E-state index in [0.29, 0.717) is 18.3 Å². The number of nitrogens with zero attached hydrogens (tertiary/aromatic N) is 3. The van der Waals surface area contributed by atoms with Crippen molar-refractivity contribution in [3.63, 3.8) is 0 Å². The number of urea groups is 1. The number of hydrogen-bond acceptors (Lipinski definition) is 5. The SMILES string of the molecule is CCOc1ccc(C2NC(=O)N(c3cccc(C)c3)C(C)=C2c2nc(-c3ccc(CC)cc3)no2)cc1. The molecule has 4 aromatic rings. The van der Waals surface area contributed by atoms with E-state index in [4.69, 9.17) is 14.2 Å². The lowest BCUT2D eigenvalue weighted by Crippen LogP contribution is -2.46. The average molecular weight is 495 g/mol. The minimum absolute atomic E-state index is 0.222. The van der Waals surface area contributed by atoms with E-state index in [9.17, 15) is 4.79 Å². The first-order valence-electron chi connectivity index (χ1n) is 12.5. The third-order valence-corrected chi connectivity index (χ3v) is 6.55. The largest absolute Gasteiger partial charge is 0.494 e. The first kappa shape index (κ1) is 24.3. The zero-order valence-corrected chi connectivity index (χ0v) is 21.5. The summed E-state index contributed by atoms with van der Waals surface area (Å²) in [5, 5.41) is 7.43. The van der Waals surface area contributed by atoms with Gasteiger partial charge in [0.05, 0.1) is 23.9 Å². The number of benzene rings is 3. The summed E-state index contributed by atoms with van der Waals surface area (Å²) in [7, 11) is 0. The smallest absolute Gasteiger partial charge is 0.326 e. The van der Waals surface area contributed by atoms with Crippen molar-refractivity contribution in [3.8, 4) is 17.1 Å². The fraction of sp³-hybridized carbons (Fsp3) is 0.233. The monoisotopic (exact) mass is 494 g/mol. The van der Waals surface area contributed by atoms with Crippen molar-refractivity contribution in [3.05, 3.63) is 101 Å². The summed E-state index contributed by atoms with van der Waals surface area (Å²) < 4.78 is 11.4. The number of carbonyl (C=O) groups excluding carboxylic acids is 1. The molecule has 5 rings (SSSR count). The number of rotatable bonds is 7. The molecule has 0 saturated carbocycles. The fourth-order valence-corrected chi connectivity index (χ4v) is 4.61. The number of carbonyl (C=O) groups is 1. The highest BCUT2D eigenvalue weighted by atomic mass is 16.5. The molecule has 0 saturated heterocycles. The van der Waals surface area contributed by atoms with Crippen LogP contribution in [-0.4, -0.2) is 22.8 Å². The summed E-state index contributed by atoms with van der Waals surface area (Å²) in [6.07, 6.45) is 0.960. The van der Waals surface area contributed by atoms with Crippen LogP contribution in [-0.2, 0) is 6.42 Å². The van der Waals surface area contributed by atoms with Gasteiger partial charge in [0.2, 0.25) is 5.82 Å². The molecule has 2 heterocycles. The minimum atomic E-state index is -0.472. The normalized spacial score (nSPS) is 15.6. The van der Waals surface area contributed by atoms with Crippen LogP contribution < -0.4 is 15.0 Å². The summed E-state index contributed by atoms with van der Waals surface area (Å²) in [6.45, 7) is 8.57. The van der Waals surface area contributed by atoms with Crippen LogP contribution in [0, 0.1) is 6.92 Å².